The first-order valence-electron chi connectivity index (χ1n) is 5.28. The molecule has 3 N–H and O–H groups in total. The van der Waals surface area contributed by atoms with Crippen LogP contribution in [0.4, 0.5) is 11.6 Å². The molecule has 2 aromatic heterocycles. The quantitative estimate of drug-likeness (QED) is 0.818. The fourth-order valence-corrected chi connectivity index (χ4v) is 1.27. The van der Waals surface area contributed by atoms with Crippen LogP contribution in [0.2, 0.25) is 0 Å². The first kappa shape index (κ1) is 11.3. The summed E-state index contributed by atoms with van der Waals surface area (Å²) in [6.45, 7) is 4.46. The smallest absolute Gasteiger partial charge is 0.213 e. The molecule has 2 heterocycles. The summed E-state index contributed by atoms with van der Waals surface area (Å²) in [7, 11) is 0. The van der Waals surface area contributed by atoms with Gasteiger partial charge < -0.3 is 15.6 Å². The molecule has 0 saturated carbocycles. The van der Waals surface area contributed by atoms with E-state index in [2.05, 4.69) is 29.9 Å². The highest BCUT2D eigenvalue weighted by Crippen LogP contribution is 2.15. The molecule has 0 spiro atoms. The van der Waals surface area contributed by atoms with Gasteiger partial charge in [-0.05, 0) is 0 Å². The van der Waals surface area contributed by atoms with Crippen molar-refractivity contribution in [1.29, 1.82) is 0 Å². The molecule has 0 aliphatic carbocycles. The average Bonchev–Trinajstić information content (AvgIpc) is 2.78. The molecule has 7 nitrogen and oxygen atoms in total. The van der Waals surface area contributed by atoms with Gasteiger partial charge in [-0.15, -0.1) is 0 Å². The van der Waals surface area contributed by atoms with Crippen LogP contribution >= 0.6 is 0 Å². The number of rotatable bonds is 4. The highest BCUT2D eigenvalue weighted by molar-refractivity contribution is 5.44. The van der Waals surface area contributed by atoms with Gasteiger partial charge in [-0.25, -0.2) is 9.97 Å². The van der Waals surface area contributed by atoms with Crippen molar-refractivity contribution >= 4 is 11.6 Å². The van der Waals surface area contributed by atoms with Crippen molar-refractivity contribution < 1.29 is 4.52 Å². The summed E-state index contributed by atoms with van der Waals surface area (Å²) >= 11 is 0. The zero-order valence-electron chi connectivity index (χ0n) is 9.71. The van der Waals surface area contributed by atoms with Crippen molar-refractivity contribution in [2.45, 2.75) is 26.3 Å². The van der Waals surface area contributed by atoms with E-state index in [-0.39, 0.29) is 5.92 Å². The predicted octanol–water partition coefficient (Wildman–Crippen LogP) is 1.18. The molecule has 7 heteroatoms. The van der Waals surface area contributed by atoms with Crippen LogP contribution < -0.4 is 11.1 Å². The zero-order chi connectivity index (χ0) is 12.3. The van der Waals surface area contributed by atoms with Gasteiger partial charge in [-0.3, -0.25) is 0 Å². The van der Waals surface area contributed by atoms with Crippen LogP contribution in [0.1, 0.15) is 31.4 Å². The van der Waals surface area contributed by atoms with Gasteiger partial charge in [-0.1, -0.05) is 19.0 Å². The highest BCUT2D eigenvalue weighted by Gasteiger charge is 2.07. The van der Waals surface area contributed by atoms with Crippen molar-refractivity contribution in [2.75, 3.05) is 11.1 Å². The van der Waals surface area contributed by atoms with Crippen molar-refractivity contribution in [1.82, 2.24) is 20.1 Å². The maximum atomic E-state index is 5.71. The van der Waals surface area contributed by atoms with Crippen LogP contribution in [0.25, 0.3) is 0 Å². The van der Waals surface area contributed by atoms with E-state index in [0.29, 0.717) is 29.8 Å². The van der Waals surface area contributed by atoms with E-state index in [1.165, 1.54) is 6.39 Å². The van der Waals surface area contributed by atoms with E-state index in [4.69, 9.17) is 5.73 Å². The lowest BCUT2D eigenvalue weighted by atomic mass is 10.2. The Kier molecular flexibility index (Phi) is 3.17. The number of nitrogens with zero attached hydrogens (tertiary/aromatic N) is 4. The molecule has 90 valence electrons. The minimum absolute atomic E-state index is 0.226. The van der Waals surface area contributed by atoms with Gasteiger partial charge in [-0.2, -0.15) is 4.98 Å². The first-order chi connectivity index (χ1) is 8.15. The summed E-state index contributed by atoms with van der Waals surface area (Å²) in [5.74, 6) is 2.60. The lowest BCUT2D eigenvalue weighted by Gasteiger charge is -2.08. The number of hydrogen-bond donors (Lipinski definition) is 2. The second kappa shape index (κ2) is 4.77. The summed E-state index contributed by atoms with van der Waals surface area (Å²) in [6.07, 6.45) is 1.28. The Morgan fingerprint density at radius 2 is 2.24 bits per heavy atom. The molecule has 0 bridgehead atoms. The lowest BCUT2D eigenvalue weighted by molar-refractivity contribution is 0.411. The topological polar surface area (TPSA) is 103 Å². The number of nitrogen functional groups attached to an aromatic ring is 1. The number of hydrogen-bond acceptors (Lipinski definition) is 7. The van der Waals surface area contributed by atoms with E-state index < -0.39 is 0 Å². The van der Waals surface area contributed by atoms with Crippen molar-refractivity contribution in [3.8, 4) is 0 Å². The number of nitrogens with one attached hydrogen (secondary N) is 1. The van der Waals surface area contributed by atoms with E-state index in [9.17, 15) is 0 Å². The summed E-state index contributed by atoms with van der Waals surface area (Å²) in [5, 5.41) is 6.76. The monoisotopic (exact) mass is 234 g/mol. The maximum Gasteiger partial charge on any atom is 0.213 e. The Balaban J connectivity index is 2.10. The Bertz CT molecular complexity index is 482. The molecular weight excluding hydrogens is 220 g/mol. The van der Waals surface area contributed by atoms with Crippen molar-refractivity contribution in [3.05, 3.63) is 24.1 Å². The summed E-state index contributed by atoms with van der Waals surface area (Å²) in [6, 6.07) is 1.67. The Labute approximate surface area is 98.5 Å². The molecule has 0 aromatic carbocycles. The standard InChI is InChI=1S/C10H14N6O/c1-6(2)10-14-7(11)3-8(15-10)12-4-9-13-5-17-16-9/h3,5-6H,4H2,1-2H3,(H3,11,12,14,15). The summed E-state index contributed by atoms with van der Waals surface area (Å²) in [4.78, 5) is 12.4. The Morgan fingerprint density at radius 3 is 2.88 bits per heavy atom. The van der Waals surface area contributed by atoms with E-state index >= 15 is 0 Å². The largest absolute Gasteiger partial charge is 0.384 e. The summed E-state index contributed by atoms with van der Waals surface area (Å²) in [5.41, 5.74) is 5.71. The third kappa shape index (κ3) is 2.90. The normalized spacial score (nSPS) is 10.8. The second-order valence-electron chi connectivity index (χ2n) is 3.89. The third-order valence-electron chi connectivity index (χ3n) is 2.11. The first-order valence-corrected chi connectivity index (χ1v) is 5.28. The molecule has 2 rings (SSSR count). The van der Waals surface area contributed by atoms with Crippen LogP contribution in [-0.4, -0.2) is 20.1 Å². The van der Waals surface area contributed by atoms with Crippen molar-refractivity contribution in [2.24, 2.45) is 0 Å². The molecule has 0 radical (unpaired) electrons. The minimum Gasteiger partial charge on any atom is -0.384 e. The summed E-state index contributed by atoms with van der Waals surface area (Å²) < 4.78 is 4.63. The molecule has 17 heavy (non-hydrogen) atoms. The minimum atomic E-state index is 0.226. The Morgan fingerprint density at radius 1 is 1.41 bits per heavy atom. The van der Waals surface area contributed by atoms with Gasteiger partial charge in [0.05, 0.1) is 6.54 Å². The zero-order valence-corrected chi connectivity index (χ0v) is 9.71. The van der Waals surface area contributed by atoms with Crippen molar-refractivity contribution in [3.63, 3.8) is 0 Å². The predicted molar refractivity (Wildman–Crippen MR) is 62.2 cm³/mol. The molecular formula is C10H14N6O. The molecule has 0 atom stereocenters. The van der Waals surface area contributed by atoms with Gasteiger partial charge >= 0.3 is 0 Å². The van der Waals surface area contributed by atoms with E-state index in [1.807, 2.05) is 13.8 Å². The molecule has 0 aliphatic heterocycles. The molecule has 0 saturated heterocycles. The van der Waals surface area contributed by atoms with E-state index in [0.717, 1.165) is 0 Å². The van der Waals surface area contributed by atoms with Gasteiger partial charge in [0.25, 0.3) is 0 Å². The molecule has 0 amide bonds. The highest BCUT2D eigenvalue weighted by atomic mass is 16.5. The Hall–Kier alpha value is -2.18. The number of nitrogens with two attached hydrogens (primary N) is 1. The second-order valence-corrected chi connectivity index (χ2v) is 3.89. The number of aromatic nitrogens is 4. The van der Waals surface area contributed by atoms with Gasteiger partial charge in [0.1, 0.15) is 17.5 Å². The maximum absolute atomic E-state index is 5.71. The molecule has 0 aliphatic rings. The molecule has 0 fully saturated rings. The molecule has 2 aromatic rings. The van der Waals surface area contributed by atoms with Gasteiger partial charge in [0.15, 0.2) is 5.82 Å². The fourth-order valence-electron chi connectivity index (χ4n) is 1.27. The van der Waals surface area contributed by atoms with Crippen LogP contribution in [0, 0.1) is 0 Å². The van der Waals surface area contributed by atoms with Crippen LogP contribution in [-0.2, 0) is 6.54 Å². The van der Waals surface area contributed by atoms with Crippen LogP contribution in [0.5, 0.6) is 0 Å². The fraction of sp³-hybridized carbons (Fsp3) is 0.400. The third-order valence-corrected chi connectivity index (χ3v) is 2.11. The van der Waals surface area contributed by atoms with Crippen LogP contribution in [0.15, 0.2) is 17.0 Å². The van der Waals surface area contributed by atoms with Gasteiger partial charge in [0.2, 0.25) is 6.39 Å². The lowest BCUT2D eigenvalue weighted by Crippen LogP contribution is -2.08. The SMILES string of the molecule is CC(C)c1nc(N)cc(NCc2ncon2)n1. The average molecular weight is 234 g/mol. The van der Waals surface area contributed by atoms with Gasteiger partial charge in [0, 0.05) is 12.0 Å². The number of anilines is 2. The van der Waals surface area contributed by atoms with Crippen LogP contribution in [0.3, 0.4) is 0 Å². The van der Waals surface area contributed by atoms with E-state index in [1.54, 1.807) is 6.07 Å². The molecule has 0 unspecified atom stereocenters.